The first-order valence-electron chi connectivity index (χ1n) is 8.54. The predicted molar refractivity (Wildman–Crippen MR) is 119 cm³/mol. The smallest absolute Gasteiger partial charge is 0.264 e. The van der Waals surface area contributed by atoms with Gasteiger partial charge in [-0.05, 0) is 71.9 Å². The van der Waals surface area contributed by atoms with E-state index in [0.717, 1.165) is 26.1 Å². The number of thioether (sulfide) groups is 1. The topological polar surface area (TPSA) is 41.5 Å². The van der Waals surface area contributed by atoms with Crippen molar-refractivity contribution in [2.24, 2.45) is 4.99 Å². The zero-order chi connectivity index (χ0) is 19.3. The molecule has 1 N–H and O–H groups in total. The molecule has 6 heteroatoms. The number of nitrogens with one attached hydrogen (secondary N) is 1. The normalized spacial score (nSPS) is 16.5. The molecule has 3 aromatic carbocycles. The first-order chi connectivity index (χ1) is 13.7. The first kappa shape index (κ1) is 18.9. The van der Waals surface area contributed by atoms with Crippen molar-refractivity contribution in [3.63, 3.8) is 0 Å². The Kier molecular flexibility index (Phi) is 5.86. The number of aliphatic imine (C=N–C) groups is 1. The average Bonchev–Trinajstić information content (AvgIpc) is 3.05. The summed E-state index contributed by atoms with van der Waals surface area (Å²) in [6.45, 7) is 0. The molecule has 28 heavy (non-hydrogen) atoms. The van der Waals surface area contributed by atoms with E-state index in [4.69, 9.17) is 11.6 Å². The lowest BCUT2D eigenvalue weighted by Crippen LogP contribution is -2.19. The third kappa shape index (κ3) is 4.87. The van der Waals surface area contributed by atoms with Gasteiger partial charge < -0.3 is 5.32 Å². The Labute approximate surface area is 176 Å². The molecule has 1 heterocycles. The Hall–Kier alpha value is -2.47. The molecule has 0 radical (unpaired) electrons. The first-order valence-corrected chi connectivity index (χ1v) is 10.5. The summed E-state index contributed by atoms with van der Waals surface area (Å²) in [4.78, 5) is 19.6. The van der Waals surface area contributed by atoms with Crippen molar-refractivity contribution in [1.29, 1.82) is 0 Å². The number of hydrogen-bond donors (Lipinski definition) is 1. The van der Waals surface area contributed by atoms with Crippen LogP contribution in [-0.2, 0) is 4.79 Å². The van der Waals surface area contributed by atoms with Crippen molar-refractivity contribution >= 4 is 58.0 Å². The fourth-order valence-corrected chi connectivity index (χ4v) is 4.31. The zero-order valence-corrected chi connectivity index (χ0v) is 17.0. The van der Waals surface area contributed by atoms with E-state index < -0.39 is 0 Å². The fraction of sp³-hybridized carbons (Fsp3) is 0. The van der Waals surface area contributed by atoms with Crippen LogP contribution < -0.4 is 5.32 Å². The van der Waals surface area contributed by atoms with Crippen LogP contribution in [0.3, 0.4) is 0 Å². The lowest BCUT2D eigenvalue weighted by atomic mass is 10.2. The van der Waals surface area contributed by atoms with Gasteiger partial charge in [0.05, 0.1) is 10.6 Å². The van der Waals surface area contributed by atoms with E-state index >= 15 is 0 Å². The van der Waals surface area contributed by atoms with Crippen molar-refractivity contribution < 1.29 is 4.79 Å². The molecule has 0 saturated carbocycles. The highest BCUT2D eigenvalue weighted by Gasteiger charge is 2.23. The van der Waals surface area contributed by atoms with E-state index in [1.165, 1.54) is 11.8 Å². The van der Waals surface area contributed by atoms with Crippen LogP contribution in [0, 0.1) is 0 Å². The van der Waals surface area contributed by atoms with E-state index in [2.05, 4.69) is 10.3 Å². The molecule has 0 bridgehead atoms. The molecule has 3 aromatic rings. The van der Waals surface area contributed by atoms with Crippen LogP contribution in [0.1, 0.15) is 5.56 Å². The van der Waals surface area contributed by atoms with Gasteiger partial charge in [-0.25, -0.2) is 4.99 Å². The van der Waals surface area contributed by atoms with E-state index in [0.29, 0.717) is 10.1 Å². The van der Waals surface area contributed by atoms with E-state index in [1.54, 1.807) is 11.8 Å². The summed E-state index contributed by atoms with van der Waals surface area (Å²) < 4.78 is 0. The van der Waals surface area contributed by atoms with Gasteiger partial charge in [-0.15, -0.1) is 0 Å². The minimum absolute atomic E-state index is 0.126. The number of rotatable bonds is 4. The third-order valence-corrected chi connectivity index (χ3v) is 6.04. The van der Waals surface area contributed by atoms with Crippen LogP contribution >= 0.6 is 35.1 Å². The van der Waals surface area contributed by atoms with Gasteiger partial charge in [0, 0.05) is 14.8 Å². The Bertz CT molecular complexity index is 1050. The van der Waals surface area contributed by atoms with E-state index in [9.17, 15) is 4.79 Å². The quantitative estimate of drug-likeness (QED) is 0.496. The maximum absolute atomic E-state index is 12.2. The summed E-state index contributed by atoms with van der Waals surface area (Å²) in [5, 5.41) is 4.14. The second-order valence-corrected chi connectivity index (χ2v) is 8.56. The van der Waals surface area contributed by atoms with Crippen molar-refractivity contribution in [2.45, 2.75) is 9.79 Å². The number of amidine groups is 1. The van der Waals surface area contributed by atoms with Crippen LogP contribution in [0.15, 0.2) is 98.6 Å². The molecule has 0 atom stereocenters. The van der Waals surface area contributed by atoms with Crippen LogP contribution in [0.4, 0.5) is 5.69 Å². The fourth-order valence-electron chi connectivity index (χ4n) is 2.52. The summed E-state index contributed by atoms with van der Waals surface area (Å²) in [7, 11) is 0. The monoisotopic (exact) mass is 422 g/mol. The minimum atomic E-state index is -0.126. The number of carbonyl (C=O) groups is 1. The Morgan fingerprint density at radius 2 is 1.54 bits per heavy atom. The van der Waals surface area contributed by atoms with Crippen molar-refractivity contribution in [2.75, 3.05) is 0 Å². The highest BCUT2D eigenvalue weighted by molar-refractivity contribution is 8.18. The summed E-state index contributed by atoms with van der Waals surface area (Å²) in [6.07, 6.45) is 1.88. The summed E-state index contributed by atoms with van der Waals surface area (Å²) in [6, 6.07) is 25.4. The average molecular weight is 423 g/mol. The highest BCUT2D eigenvalue weighted by Crippen LogP contribution is 2.31. The zero-order valence-electron chi connectivity index (χ0n) is 14.6. The number of benzene rings is 3. The molecule has 1 aliphatic heterocycles. The summed E-state index contributed by atoms with van der Waals surface area (Å²) in [5.74, 6) is -0.126. The van der Waals surface area contributed by atoms with Gasteiger partial charge in [-0.1, -0.05) is 53.7 Å². The molecule has 0 spiro atoms. The summed E-state index contributed by atoms with van der Waals surface area (Å²) >= 11 is 8.94. The van der Waals surface area contributed by atoms with E-state index in [1.807, 2.05) is 84.9 Å². The van der Waals surface area contributed by atoms with Gasteiger partial charge in [0.25, 0.3) is 5.91 Å². The molecule has 0 aliphatic carbocycles. The number of para-hydroxylation sites is 1. The lowest BCUT2D eigenvalue weighted by molar-refractivity contribution is -0.115. The molecule has 0 aromatic heterocycles. The number of nitrogens with zero attached hydrogens (tertiary/aromatic N) is 1. The van der Waals surface area contributed by atoms with Crippen molar-refractivity contribution in [3.05, 3.63) is 94.4 Å². The molecule has 1 fully saturated rings. The predicted octanol–water partition coefficient (Wildman–Crippen LogP) is 6.38. The van der Waals surface area contributed by atoms with Crippen molar-refractivity contribution in [1.82, 2.24) is 5.32 Å². The van der Waals surface area contributed by atoms with E-state index in [-0.39, 0.29) is 5.91 Å². The molecular formula is C22H15ClN2OS2. The lowest BCUT2D eigenvalue weighted by Gasteiger charge is -2.03. The Morgan fingerprint density at radius 3 is 2.21 bits per heavy atom. The number of amides is 1. The van der Waals surface area contributed by atoms with Crippen molar-refractivity contribution in [3.8, 4) is 0 Å². The maximum atomic E-state index is 12.2. The third-order valence-electron chi connectivity index (χ3n) is 3.86. The van der Waals surface area contributed by atoms with Gasteiger partial charge in [0.1, 0.15) is 0 Å². The Balaban J connectivity index is 1.46. The van der Waals surface area contributed by atoms with Gasteiger partial charge in [0.15, 0.2) is 5.17 Å². The van der Waals surface area contributed by atoms with Gasteiger partial charge in [-0.3, -0.25) is 4.79 Å². The summed E-state index contributed by atoms with van der Waals surface area (Å²) in [5.41, 5.74) is 1.79. The van der Waals surface area contributed by atoms with Gasteiger partial charge in [0.2, 0.25) is 0 Å². The second-order valence-electron chi connectivity index (χ2n) is 5.94. The standard InChI is InChI=1S/C22H15ClN2OS2/c23-16-8-12-19(13-9-16)27-18-10-6-15(7-11-18)14-20-21(26)25-22(28-20)24-17-4-2-1-3-5-17/h1-14H,(H,24,25,26). The van der Waals surface area contributed by atoms with Gasteiger partial charge >= 0.3 is 0 Å². The maximum Gasteiger partial charge on any atom is 0.264 e. The Morgan fingerprint density at radius 1 is 0.893 bits per heavy atom. The van der Waals surface area contributed by atoms with Crippen LogP contribution in [0.5, 0.6) is 0 Å². The highest BCUT2D eigenvalue weighted by atomic mass is 35.5. The molecule has 1 amide bonds. The second kappa shape index (κ2) is 8.69. The molecule has 0 unspecified atom stereocenters. The number of carbonyl (C=O) groups excluding carboxylic acids is 1. The van der Waals surface area contributed by atoms with Crippen LogP contribution in [0.25, 0.3) is 6.08 Å². The minimum Gasteiger partial charge on any atom is -0.300 e. The number of halogens is 1. The molecule has 1 saturated heterocycles. The van der Waals surface area contributed by atoms with Crippen LogP contribution in [0.2, 0.25) is 5.02 Å². The van der Waals surface area contributed by atoms with Crippen LogP contribution in [-0.4, -0.2) is 11.1 Å². The molecule has 3 nitrogen and oxygen atoms in total. The van der Waals surface area contributed by atoms with Gasteiger partial charge in [-0.2, -0.15) is 0 Å². The SMILES string of the molecule is O=C1NC(=Nc2ccccc2)SC1=Cc1ccc(Sc2ccc(Cl)cc2)cc1. The molecule has 1 aliphatic rings. The largest absolute Gasteiger partial charge is 0.300 e. The number of hydrogen-bond acceptors (Lipinski definition) is 4. The molecule has 4 rings (SSSR count). The molecular weight excluding hydrogens is 408 g/mol. The molecule has 138 valence electrons.